The quantitative estimate of drug-likeness (QED) is 0.671. The summed E-state index contributed by atoms with van der Waals surface area (Å²) in [6, 6.07) is 0. The third kappa shape index (κ3) is 1.84. The summed E-state index contributed by atoms with van der Waals surface area (Å²) in [7, 11) is 0. The van der Waals surface area contributed by atoms with E-state index in [4.69, 9.17) is 0 Å². The Morgan fingerprint density at radius 2 is 1.95 bits per heavy atom. The Balaban J connectivity index is 1.68. The summed E-state index contributed by atoms with van der Waals surface area (Å²) in [5.74, 6) is 1.38. The normalized spacial score (nSPS) is 57.6. The average molecular weight is 308 g/mol. The zero-order valence-corrected chi connectivity index (χ0v) is 13.8. The third-order valence-corrected chi connectivity index (χ3v) is 7.97. The number of alkyl halides is 1. The minimum atomic E-state index is -1.05. The molecular formula is C19H29FO2. The molecule has 22 heavy (non-hydrogen) atoms. The van der Waals surface area contributed by atoms with Crippen molar-refractivity contribution in [3.63, 3.8) is 0 Å². The molecule has 0 aromatic rings. The molecular weight excluding hydrogens is 279 g/mol. The highest BCUT2D eigenvalue weighted by Gasteiger charge is 2.61. The van der Waals surface area contributed by atoms with E-state index in [9.17, 15) is 14.6 Å². The Morgan fingerprint density at radius 1 is 1.18 bits per heavy atom. The summed E-state index contributed by atoms with van der Waals surface area (Å²) in [5, 5.41) is 20.5. The molecule has 3 saturated carbocycles. The maximum atomic E-state index is 14.2. The first kappa shape index (κ1) is 15.1. The fraction of sp³-hybridized carbons (Fsp3) is 0.895. The number of halogens is 1. The molecule has 0 heterocycles. The second kappa shape index (κ2) is 4.80. The van der Waals surface area contributed by atoms with Crippen molar-refractivity contribution < 1.29 is 14.6 Å². The first-order valence-corrected chi connectivity index (χ1v) is 9.06. The summed E-state index contributed by atoms with van der Waals surface area (Å²) in [6.07, 6.45) is 6.68. The van der Waals surface area contributed by atoms with Crippen LogP contribution in [0.3, 0.4) is 0 Å². The van der Waals surface area contributed by atoms with Crippen LogP contribution in [-0.2, 0) is 0 Å². The summed E-state index contributed by atoms with van der Waals surface area (Å²) in [5.41, 5.74) is 1.41. The highest BCUT2D eigenvalue weighted by Crippen LogP contribution is 2.65. The number of hydrogen-bond acceptors (Lipinski definition) is 2. The maximum absolute atomic E-state index is 14.2. The second-order valence-electron chi connectivity index (χ2n) is 8.90. The third-order valence-electron chi connectivity index (χ3n) is 7.97. The Hall–Kier alpha value is -0.410. The van der Waals surface area contributed by atoms with Crippen LogP contribution >= 0.6 is 0 Å². The van der Waals surface area contributed by atoms with Gasteiger partial charge in [-0.1, -0.05) is 25.5 Å². The first-order valence-electron chi connectivity index (χ1n) is 9.06. The standard InChI is InChI=1S/C19H29FO2/c1-18-8-7-14-13(15(18)9-16(20)17(18)22)6-4-11-3-5-12(21)10-19(11,14)2/h3,12-17,21-22H,4-10H2,1-2H3/t12-,13+,14-,15-,16+,17+,18-,19-/m0/s1. The molecule has 0 aromatic carbocycles. The maximum Gasteiger partial charge on any atom is 0.127 e. The van der Waals surface area contributed by atoms with Crippen LogP contribution < -0.4 is 0 Å². The molecule has 2 N–H and O–H groups in total. The summed E-state index contributed by atoms with van der Waals surface area (Å²) in [6.45, 7) is 4.44. The van der Waals surface area contributed by atoms with E-state index in [0.717, 1.165) is 38.5 Å². The van der Waals surface area contributed by atoms with Crippen LogP contribution in [0, 0.1) is 28.6 Å². The van der Waals surface area contributed by atoms with Gasteiger partial charge in [0.05, 0.1) is 12.2 Å². The van der Waals surface area contributed by atoms with E-state index in [1.807, 2.05) is 0 Å². The van der Waals surface area contributed by atoms with Gasteiger partial charge in [0, 0.05) is 0 Å². The Kier molecular flexibility index (Phi) is 3.30. The highest BCUT2D eigenvalue weighted by molar-refractivity contribution is 5.25. The van der Waals surface area contributed by atoms with Crippen molar-refractivity contribution in [2.45, 2.75) is 77.2 Å². The fourth-order valence-electron chi connectivity index (χ4n) is 6.74. The molecule has 0 saturated heterocycles. The Bertz CT molecular complexity index is 504. The molecule has 3 fully saturated rings. The van der Waals surface area contributed by atoms with Crippen LogP contribution in [0.15, 0.2) is 11.6 Å². The van der Waals surface area contributed by atoms with Crippen LogP contribution in [0.4, 0.5) is 4.39 Å². The van der Waals surface area contributed by atoms with Gasteiger partial charge in [-0.25, -0.2) is 4.39 Å². The van der Waals surface area contributed by atoms with E-state index in [2.05, 4.69) is 19.9 Å². The van der Waals surface area contributed by atoms with Crippen molar-refractivity contribution in [3.05, 3.63) is 11.6 Å². The lowest BCUT2D eigenvalue weighted by Crippen LogP contribution is -2.52. The van der Waals surface area contributed by atoms with Gasteiger partial charge in [-0.05, 0) is 73.5 Å². The van der Waals surface area contributed by atoms with Gasteiger partial charge >= 0.3 is 0 Å². The molecule has 4 rings (SSSR count). The van der Waals surface area contributed by atoms with Crippen molar-refractivity contribution >= 4 is 0 Å². The monoisotopic (exact) mass is 308 g/mol. The minimum Gasteiger partial charge on any atom is -0.393 e. The van der Waals surface area contributed by atoms with Crippen LogP contribution in [0.5, 0.6) is 0 Å². The molecule has 4 aliphatic rings. The average Bonchev–Trinajstić information content (AvgIpc) is 2.70. The molecule has 8 atom stereocenters. The number of allylic oxidation sites excluding steroid dienone is 1. The lowest BCUT2D eigenvalue weighted by Gasteiger charge is -2.58. The summed E-state index contributed by atoms with van der Waals surface area (Å²) in [4.78, 5) is 0. The van der Waals surface area contributed by atoms with Crippen molar-refractivity contribution in [3.8, 4) is 0 Å². The van der Waals surface area contributed by atoms with E-state index < -0.39 is 12.3 Å². The van der Waals surface area contributed by atoms with E-state index in [0.29, 0.717) is 24.2 Å². The van der Waals surface area contributed by atoms with Crippen molar-refractivity contribution in [1.82, 2.24) is 0 Å². The number of aliphatic hydroxyl groups is 2. The molecule has 0 bridgehead atoms. The number of rotatable bonds is 0. The van der Waals surface area contributed by atoms with Gasteiger partial charge in [0.15, 0.2) is 0 Å². The van der Waals surface area contributed by atoms with Gasteiger partial charge in [-0.3, -0.25) is 0 Å². The minimum absolute atomic E-state index is 0.0985. The number of hydrogen-bond donors (Lipinski definition) is 2. The SMILES string of the molecule is C[C@]12CC[C@H]3[C@@H](CCC4=CC[C@H](O)C[C@@]43C)[C@@H]1C[C@@H](F)[C@H]2O. The van der Waals surface area contributed by atoms with Gasteiger partial charge < -0.3 is 10.2 Å². The van der Waals surface area contributed by atoms with Gasteiger partial charge in [0.1, 0.15) is 6.17 Å². The highest BCUT2D eigenvalue weighted by atomic mass is 19.1. The summed E-state index contributed by atoms with van der Waals surface area (Å²) < 4.78 is 14.2. The molecule has 3 heteroatoms. The van der Waals surface area contributed by atoms with Gasteiger partial charge in [-0.15, -0.1) is 0 Å². The fourth-order valence-corrected chi connectivity index (χ4v) is 6.74. The topological polar surface area (TPSA) is 40.5 Å². The molecule has 124 valence electrons. The van der Waals surface area contributed by atoms with Gasteiger partial charge in [0.25, 0.3) is 0 Å². The second-order valence-corrected chi connectivity index (χ2v) is 8.90. The van der Waals surface area contributed by atoms with Crippen LogP contribution in [0.25, 0.3) is 0 Å². The smallest absolute Gasteiger partial charge is 0.127 e. The lowest BCUT2D eigenvalue weighted by atomic mass is 9.47. The molecule has 0 aromatic heterocycles. The van der Waals surface area contributed by atoms with E-state index in [-0.39, 0.29) is 16.9 Å². The van der Waals surface area contributed by atoms with Gasteiger partial charge in [-0.2, -0.15) is 0 Å². The molecule has 0 radical (unpaired) electrons. The molecule has 0 unspecified atom stereocenters. The molecule has 0 spiro atoms. The lowest BCUT2D eigenvalue weighted by molar-refractivity contribution is -0.0857. The van der Waals surface area contributed by atoms with Crippen molar-refractivity contribution in [1.29, 1.82) is 0 Å². The summed E-state index contributed by atoms with van der Waals surface area (Å²) >= 11 is 0. The molecule has 2 nitrogen and oxygen atoms in total. The Morgan fingerprint density at radius 3 is 2.73 bits per heavy atom. The first-order chi connectivity index (χ1) is 10.4. The molecule has 0 aliphatic heterocycles. The largest absolute Gasteiger partial charge is 0.393 e. The molecule has 4 aliphatic carbocycles. The predicted molar refractivity (Wildman–Crippen MR) is 84.0 cm³/mol. The van der Waals surface area contributed by atoms with Crippen LogP contribution in [0.2, 0.25) is 0 Å². The van der Waals surface area contributed by atoms with Crippen molar-refractivity contribution in [2.24, 2.45) is 28.6 Å². The zero-order valence-electron chi connectivity index (χ0n) is 13.8. The van der Waals surface area contributed by atoms with Crippen molar-refractivity contribution in [2.75, 3.05) is 0 Å². The Labute approximate surface area is 132 Å². The predicted octanol–water partition coefficient (Wildman–Crippen LogP) is 3.62. The van der Waals surface area contributed by atoms with Gasteiger partial charge in [0.2, 0.25) is 0 Å². The zero-order chi connectivity index (χ0) is 15.7. The van der Waals surface area contributed by atoms with E-state index >= 15 is 0 Å². The number of fused-ring (bicyclic) bond motifs is 5. The number of aliphatic hydroxyl groups excluding tert-OH is 2. The van der Waals surface area contributed by atoms with Crippen LogP contribution in [0.1, 0.15) is 58.8 Å². The molecule has 0 amide bonds. The van der Waals surface area contributed by atoms with Crippen LogP contribution in [-0.4, -0.2) is 28.6 Å². The van der Waals surface area contributed by atoms with E-state index in [1.165, 1.54) is 5.57 Å². The van der Waals surface area contributed by atoms with E-state index in [1.54, 1.807) is 0 Å².